The molecule has 1 saturated carbocycles. The molecule has 106 valence electrons. The largest absolute Gasteiger partial charge is 0.475 e. The lowest BCUT2D eigenvalue weighted by Crippen LogP contribution is -2.17. The molecule has 0 bridgehead atoms. The van der Waals surface area contributed by atoms with Gasteiger partial charge in [-0.2, -0.15) is 0 Å². The van der Waals surface area contributed by atoms with Gasteiger partial charge in [-0.15, -0.1) is 0 Å². The van der Waals surface area contributed by atoms with E-state index < -0.39 is 0 Å². The van der Waals surface area contributed by atoms with Gasteiger partial charge in [-0.1, -0.05) is 19.3 Å². The Hall–Kier alpha value is -1.29. The van der Waals surface area contributed by atoms with Crippen LogP contribution in [0.3, 0.4) is 0 Å². The highest BCUT2D eigenvalue weighted by Gasteiger charge is 2.12. The third-order valence-corrected chi connectivity index (χ3v) is 3.59. The molecule has 19 heavy (non-hydrogen) atoms. The number of hydrogen-bond donors (Lipinski definition) is 1. The van der Waals surface area contributed by atoms with Crippen LogP contribution in [0.5, 0.6) is 5.88 Å². The van der Waals surface area contributed by atoms with E-state index in [0.29, 0.717) is 19.1 Å². The molecule has 1 heterocycles. The van der Waals surface area contributed by atoms with E-state index in [4.69, 9.17) is 9.47 Å². The Bertz CT molecular complexity index is 348. The predicted molar refractivity (Wildman–Crippen MR) is 76.7 cm³/mol. The number of anilines is 1. The second kappa shape index (κ2) is 8.00. The molecule has 1 aromatic rings. The van der Waals surface area contributed by atoms with Crippen LogP contribution in [-0.2, 0) is 4.74 Å². The zero-order valence-electron chi connectivity index (χ0n) is 11.7. The first kappa shape index (κ1) is 14.1. The fourth-order valence-electron chi connectivity index (χ4n) is 2.45. The van der Waals surface area contributed by atoms with Crippen LogP contribution in [0.4, 0.5) is 5.69 Å². The summed E-state index contributed by atoms with van der Waals surface area (Å²) in [7, 11) is 1.66. The summed E-state index contributed by atoms with van der Waals surface area (Å²) in [6.45, 7) is 2.19. The lowest BCUT2D eigenvalue weighted by molar-refractivity contribution is 0.144. The van der Waals surface area contributed by atoms with Gasteiger partial charge in [-0.25, -0.2) is 4.98 Å². The Morgan fingerprint density at radius 3 is 2.74 bits per heavy atom. The number of hydrogen-bond acceptors (Lipinski definition) is 4. The summed E-state index contributed by atoms with van der Waals surface area (Å²) in [6.07, 6.45) is 8.74. The number of pyridine rings is 1. The van der Waals surface area contributed by atoms with Gasteiger partial charge in [0.15, 0.2) is 0 Å². The zero-order chi connectivity index (χ0) is 13.3. The Morgan fingerprint density at radius 2 is 2.05 bits per heavy atom. The lowest BCUT2D eigenvalue weighted by atomic mass is 9.89. The molecule has 0 spiro atoms. The predicted octanol–water partition coefficient (Wildman–Crippen LogP) is 3.10. The van der Waals surface area contributed by atoms with Crippen molar-refractivity contribution in [1.29, 1.82) is 0 Å². The second-order valence-electron chi connectivity index (χ2n) is 5.11. The molecule has 0 radical (unpaired) electrons. The average molecular weight is 264 g/mol. The minimum atomic E-state index is 0.540. The molecule has 0 unspecified atom stereocenters. The van der Waals surface area contributed by atoms with Crippen molar-refractivity contribution in [3.05, 3.63) is 18.3 Å². The van der Waals surface area contributed by atoms with Gasteiger partial charge in [0.2, 0.25) is 5.88 Å². The van der Waals surface area contributed by atoms with Crippen LogP contribution in [0.15, 0.2) is 18.3 Å². The van der Waals surface area contributed by atoms with Gasteiger partial charge >= 0.3 is 0 Å². The van der Waals surface area contributed by atoms with E-state index in [1.165, 1.54) is 32.1 Å². The Kier molecular flexibility index (Phi) is 5.95. The molecule has 0 aliphatic heterocycles. The van der Waals surface area contributed by atoms with Crippen molar-refractivity contribution in [1.82, 2.24) is 4.98 Å². The first-order valence-electron chi connectivity index (χ1n) is 7.20. The van der Waals surface area contributed by atoms with E-state index in [9.17, 15) is 0 Å². The van der Waals surface area contributed by atoms with Crippen molar-refractivity contribution in [2.45, 2.75) is 32.1 Å². The molecular formula is C15H24N2O2. The van der Waals surface area contributed by atoms with Crippen molar-refractivity contribution in [3.8, 4) is 5.88 Å². The molecule has 1 aromatic heterocycles. The third kappa shape index (κ3) is 5.07. The highest BCUT2D eigenvalue weighted by molar-refractivity contribution is 5.41. The molecule has 1 N–H and O–H groups in total. The van der Waals surface area contributed by atoms with Gasteiger partial charge in [-0.05, 0) is 24.8 Å². The molecule has 2 rings (SSSR count). The molecule has 0 atom stereocenters. The Morgan fingerprint density at radius 1 is 1.21 bits per heavy atom. The maximum Gasteiger partial charge on any atom is 0.213 e. The van der Waals surface area contributed by atoms with Crippen LogP contribution in [0, 0.1) is 5.92 Å². The Labute approximate surface area is 115 Å². The number of aromatic nitrogens is 1. The first-order valence-corrected chi connectivity index (χ1v) is 7.20. The van der Waals surface area contributed by atoms with Gasteiger partial charge in [-0.3, -0.25) is 0 Å². The molecule has 0 saturated heterocycles. The molecular weight excluding hydrogens is 240 g/mol. The summed E-state index contributed by atoms with van der Waals surface area (Å²) in [5, 5.41) is 3.47. The minimum Gasteiger partial charge on any atom is -0.475 e. The highest BCUT2D eigenvalue weighted by atomic mass is 16.5. The van der Waals surface area contributed by atoms with Gasteiger partial charge in [0.25, 0.3) is 0 Å². The fourth-order valence-corrected chi connectivity index (χ4v) is 2.45. The van der Waals surface area contributed by atoms with E-state index in [1.807, 2.05) is 18.3 Å². The number of nitrogens with zero attached hydrogens (tertiary/aromatic N) is 1. The normalized spacial score (nSPS) is 16.3. The molecule has 0 aromatic carbocycles. The smallest absolute Gasteiger partial charge is 0.213 e. The van der Waals surface area contributed by atoms with Crippen LogP contribution in [-0.4, -0.2) is 31.9 Å². The van der Waals surface area contributed by atoms with Gasteiger partial charge in [0.1, 0.15) is 6.61 Å². The van der Waals surface area contributed by atoms with Gasteiger partial charge in [0, 0.05) is 19.7 Å². The van der Waals surface area contributed by atoms with E-state index in [1.54, 1.807) is 7.11 Å². The monoisotopic (exact) mass is 264 g/mol. The number of methoxy groups -OCH3 is 1. The number of ether oxygens (including phenoxy) is 2. The Balaban J connectivity index is 1.71. The maximum absolute atomic E-state index is 5.43. The second-order valence-corrected chi connectivity index (χ2v) is 5.11. The SMILES string of the molecule is COCCOc1ccc(NCC2CCCCC2)cn1. The summed E-state index contributed by atoms with van der Waals surface area (Å²) < 4.78 is 10.4. The molecule has 1 aliphatic carbocycles. The van der Waals surface area contributed by atoms with E-state index in [0.717, 1.165) is 18.2 Å². The van der Waals surface area contributed by atoms with Crippen LogP contribution >= 0.6 is 0 Å². The van der Waals surface area contributed by atoms with Crippen molar-refractivity contribution < 1.29 is 9.47 Å². The lowest BCUT2D eigenvalue weighted by Gasteiger charge is -2.22. The fraction of sp³-hybridized carbons (Fsp3) is 0.667. The topological polar surface area (TPSA) is 43.4 Å². The van der Waals surface area contributed by atoms with Crippen molar-refractivity contribution in [2.75, 3.05) is 32.2 Å². The zero-order valence-corrected chi connectivity index (χ0v) is 11.7. The standard InChI is InChI=1S/C15H24N2O2/c1-18-9-10-19-15-8-7-14(12-17-15)16-11-13-5-3-2-4-6-13/h7-8,12-13,16H,2-6,9-11H2,1H3. The van der Waals surface area contributed by atoms with Crippen LogP contribution < -0.4 is 10.1 Å². The first-order chi connectivity index (χ1) is 9.38. The summed E-state index contributed by atoms with van der Waals surface area (Å²) in [4.78, 5) is 4.27. The summed E-state index contributed by atoms with van der Waals surface area (Å²) >= 11 is 0. The van der Waals surface area contributed by atoms with E-state index in [2.05, 4.69) is 10.3 Å². The summed E-state index contributed by atoms with van der Waals surface area (Å²) in [5.41, 5.74) is 1.07. The average Bonchev–Trinajstić information content (AvgIpc) is 2.48. The van der Waals surface area contributed by atoms with Crippen molar-refractivity contribution in [2.24, 2.45) is 5.92 Å². The van der Waals surface area contributed by atoms with Crippen molar-refractivity contribution >= 4 is 5.69 Å². The molecule has 1 fully saturated rings. The molecule has 0 amide bonds. The van der Waals surface area contributed by atoms with Crippen molar-refractivity contribution in [3.63, 3.8) is 0 Å². The van der Waals surface area contributed by atoms with E-state index in [-0.39, 0.29) is 0 Å². The van der Waals surface area contributed by atoms with Gasteiger partial charge in [0.05, 0.1) is 18.5 Å². The summed E-state index contributed by atoms with van der Waals surface area (Å²) in [6, 6.07) is 3.93. The minimum absolute atomic E-state index is 0.540. The quantitative estimate of drug-likeness (QED) is 0.769. The maximum atomic E-state index is 5.43. The summed E-state index contributed by atoms with van der Waals surface area (Å²) in [5.74, 6) is 1.48. The van der Waals surface area contributed by atoms with Gasteiger partial charge < -0.3 is 14.8 Å². The highest BCUT2D eigenvalue weighted by Crippen LogP contribution is 2.24. The third-order valence-electron chi connectivity index (χ3n) is 3.59. The molecule has 4 nitrogen and oxygen atoms in total. The van der Waals surface area contributed by atoms with Crippen LogP contribution in [0.1, 0.15) is 32.1 Å². The number of rotatable bonds is 7. The molecule has 4 heteroatoms. The molecule has 1 aliphatic rings. The van der Waals surface area contributed by atoms with Crippen LogP contribution in [0.25, 0.3) is 0 Å². The van der Waals surface area contributed by atoms with E-state index >= 15 is 0 Å². The van der Waals surface area contributed by atoms with Crippen LogP contribution in [0.2, 0.25) is 0 Å². The number of nitrogens with one attached hydrogen (secondary N) is 1.